The van der Waals surface area contributed by atoms with Crippen LogP contribution < -0.4 is 5.73 Å². The van der Waals surface area contributed by atoms with Gasteiger partial charge in [0.2, 0.25) is 0 Å². The minimum atomic E-state index is 0.489. The van der Waals surface area contributed by atoms with Gasteiger partial charge in [-0.2, -0.15) is 0 Å². The molecule has 3 rings (SSSR count). The molecule has 0 fully saturated rings. The number of halogens is 1. The van der Waals surface area contributed by atoms with Gasteiger partial charge in [0.05, 0.1) is 30.1 Å². The Labute approximate surface area is 115 Å². The quantitative estimate of drug-likeness (QED) is 0.778. The van der Waals surface area contributed by atoms with Gasteiger partial charge in [-0.05, 0) is 18.2 Å². The molecule has 2 aromatic heterocycles. The molecule has 0 aliphatic carbocycles. The Hall–Kier alpha value is -2.33. The lowest BCUT2D eigenvalue weighted by Crippen LogP contribution is -1.97. The highest BCUT2D eigenvalue weighted by Gasteiger charge is 2.09. The number of benzene rings is 1. The fraction of sp³-hybridized carbons (Fsp3) is 0. The highest BCUT2D eigenvalue weighted by molar-refractivity contribution is 6.33. The monoisotopic (exact) mass is 270 g/mol. The normalized spacial score (nSPS) is 10.6. The zero-order valence-electron chi connectivity index (χ0n) is 9.99. The molecule has 5 heteroatoms. The van der Waals surface area contributed by atoms with E-state index in [4.69, 9.17) is 17.3 Å². The predicted octanol–water partition coefficient (Wildman–Crippen LogP) is 3.17. The van der Waals surface area contributed by atoms with Crippen molar-refractivity contribution in [1.82, 2.24) is 14.5 Å². The second-order valence-corrected chi connectivity index (χ2v) is 4.48. The van der Waals surface area contributed by atoms with Crippen LogP contribution in [0.25, 0.3) is 16.9 Å². The molecule has 2 heterocycles. The summed E-state index contributed by atoms with van der Waals surface area (Å²) in [4.78, 5) is 8.27. The maximum atomic E-state index is 6.22. The average molecular weight is 271 g/mol. The van der Waals surface area contributed by atoms with E-state index in [1.54, 1.807) is 24.8 Å². The van der Waals surface area contributed by atoms with Crippen LogP contribution in [-0.2, 0) is 0 Å². The molecule has 19 heavy (non-hydrogen) atoms. The molecule has 3 aromatic rings. The van der Waals surface area contributed by atoms with Crippen LogP contribution in [0.2, 0.25) is 5.02 Å². The summed E-state index contributed by atoms with van der Waals surface area (Å²) < 4.78 is 1.92. The van der Waals surface area contributed by atoms with Gasteiger partial charge < -0.3 is 5.73 Å². The Morgan fingerprint density at radius 2 is 1.89 bits per heavy atom. The highest BCUT2D eigenvalue weighted by atomic mass is 35.5. The summed E-state index contributed by atoms with van der Waals surface area (Å²) in [5.41, 5.74) is 8.33. The molecule has 4 nitrogen and oxygen atoms in total. The maximum Gasteiger partial charge on any atom is 0.123 e. The number of nitrogen functional groups attached to an aromatic ring is 1. The standard InChI is InChI=1S/C14H11ClN4/c15-12-4-2-1-3-11(12)13-8-17-9-19(13)10-5-6-14(16)18-7-10/h1-9H,(H2,16,18). The van der Waals surface area contributed by atoms with Gasteiger partial charge in [-0.3, -0.25) is 4.57 Å². The Morgan fingerprint density at radius 1 is 1.05 bits per heavy atom. The average Bonchev–Trinajstić information content (AvgIpc) is 2.89. The number of nitrogens with two attached hydrogens (primary N) is 1. The van der Waals surface area contributed by atoms with Crippen LogP contribution in [0.5, 0.6) is 0 Å². The summed E-state index contributed by atoms with van der Waals surface area (Å²) in [6.07, 6.45) is 5.21. The second-order valence-electron chi connectivity index (χ2n) is 4.07. The van der Waals surface area contributed by atoms with E-state index in [1.807, 2.05) is 34.9 Å². The van der Waals surface area contributed by atoms with E-state index in [2.05, 4.69) is 9.97 Å². The molecule has 0 amide bonds. The first-order valence-electron chi connectivity index (χ1n) is 5.75. The number of aromatic nitrogens is 3. The SMILES string of the molecule is Nc1ccc(-n2cncc2-c2ccccc2Cl)cn1. The minimum absolute atomic E-state index is 0.489. The number of imidazole rings is 1. The molecule has 0 bridgehead atoms. The van der Waals surface area contributed by atoms with Crippen molar-refractivity contribution in [1.29, 1.82) is 0 Å². The Balaban J connectivity index is 2.13. The largest absolute Gasteiger partial charge is 0.384 e. The zero-order chi connectivity index (χ0) is 13.2. The molecule has 1 aromatic carbocycles. The van der Waals surface area contributed by atoms with Crippen LogP contribution in [-0.4, -0.2) is 14.5 Å². The summed E-state index contributed by atoms with van der Waals surface area (Å²) in [6, 6.07) is 11.3. The van der Waals surface area contributed by atoms with Gasteiger partial charge in [0.25, 0.3) is 0 Å². The molecule has 0 aliphatic heterocycles. The fourth-order valence-corrected chi connectivity index (χ4v) is 2.14. The van der Waals surface area contributed by atoms with E-state index in [0.717, 1.165) is 16.9 Å². The molecule has 0 spiro atoms. The van der Waals surface area contributed by atoms with Crippen molar-refractivity contribution in [3.63, 3.8) is 0 Å². The number of hydrogen-bond donors (Lipinski definition) is 1. The Morgan fingerprint density at radius 3 is 2.63 bits per heavy atom. The van der Waals surface area contributed by atoms with Crippen LogP contribution in [0.15, 0.2) is 55.1 Å². The highest BCUT2D eigenvalue weighted by Crippen LogP contribution is 2.28. The number of pyridine rings is 1. The fourth-order valence-electron chi connectivity index (χ4n) is 1.91. The van der Waals surface area contributed by atoms with Crippen molar-refractivity contribution in [2.45, 2.75) is 0 Å². The van der Waals surface area contributed by atoms with Crippen molar-refractivity contribution in [3.05, 3.63) is 60.1 Å². The van der Waals surface area contributed by atoms with Crippen LogP contribution in [0.1, 0.15) is 0 Å². The lowest BCUT2D eigenvalue weighted by Gasteiger charge is -2.09. The summed E-state index contributed by atoms with van der Waals surface area (Å²) in [5.74, 6) is 0.489. The zero-order valence-corrected chi connectivity index (χ0v) is 10.7. The lowest BCUT2D eigenvalue weighted by atomic mass is 10.1. The Bertz CT molecular complexity index is 703. The third-order valence-corrected chi connectivity index (χ3v) is 3.17. The molecule has 0 saturated heterocycles. The molecule has 0 atom stereocenters. The third kappa shape index (κ3) is 2.18. The van der Waals surface area contributed by atoms with Crippen molar-refractivity contribution in [2.24, 2.45) is 0 Å². The number of anilines is 1. The van der Waals surface area contributed by atoms with Gasteiger partial charge in [0.15, 0.2) is 0 Å². The summed E-state index contributed by atoms with van der Waals surface area (Å²) in [5, 5.41) is 0.688. The van der Waals surface area contributed by atoms with Crippen LogP contribution in [0.3, 0.4) is 0 Å². The summed E-state index contributed by atoms with van der Waals surface area (Å²) in [7, 11) is 0. The van der Waals surface area contributed by atoms with Crippen molar-refractivity contribution >= 4 is 17.4 Å². The van der Waals surface area contributed by atoms with E-state index in [-0.39, 0.29) is 0 Å². The van der Waals surface area contributed by atoms with Gasteiger partial charge in [-0.25, -0.2) is 9.97 Å². The van der Waals surface area contributed by atoms with Crippen LogP contribution in [0, 0.1) is 0 Å². The van der Waals surface area contributed by atoms with Gasteiger partial charge >= 0.3 is 0 Å². The van der Waals surface area contributed by atoms with E-state index in [1.165, 1.54) is 0 Å². The molecule has 2 N–H and O–H groups in total. The van der Waals surface area contributed by atoms with Gasteiger partial charge in [-0.1, -0.05) is 29.8 Å². The predicted molar refractivity (Wildman–Crippen MR) is 76.2 cm³/mol. The maximum absolute atomic E-state index is 6.22. The van der Waals surface area contributed by atoms with E-state index >= 15 is 0 Å². The summed E-state index contributed by atoms with van der Waals surface area (Å²) >= 11 is 6.22. The number of hydrogen-bond acceptors (Lipinski definition) is 3. The molecule has 0 unspecified atom stereocenters. The van der Waals surface area contributed by atoms with E-state index in [9.17, 15) is 0 Å². The topological polar surface area (TPSA) is 56.7 Å². The molecule has 0 saturated carbocycles. The van der Waals surface area contributed by atoms with Gasteiger partial charge in [-0.15, -0.1) is 0 Å². The van der Waals surface area contributed by atoms with Gasteiger partial charge in [0, 0.05) is 10.6 Å². The van der Waals surface area contributed by atoms with Crippen molar-refractivity contribution in [3.8, 4) is 16.9 Å². The van der Waals surface area contributed by atoms with E-state index in [0.29, 0.717) is 10.8 Å². The van der Waals surface area contributed by atoms with Crippen LogP contribution >= 0.6 is 11.6 Å². The van der Waals surface area contributed by atoms with Crippen LogP contribution in [0.4, 0.5) is 5.82 Å². The molecule has 0 radical (unpaired) electrons. The molecule has 94 valence electrons. The van der Waals surface area contributed by atoms with Crippen molar-refractivity contribution in [2.75, 3.05) is 5.73 Å². The second kappa shape index (κ2) is 4.74. The van der Waals surface area contributed by atoms with E-state index < -0.39 is 0 Å². The molecular weight excluding hydrogens is 260 g/mol. The minimum Gasteiger partial charge on any atom is -0.384 e. The van der Waals surface area contributed by atoms with Crippen molar-refractivity contribution < 1.29 is 0 Å². The molecular formula is C14H11ClN4. The number of rotatable bonds is 2. The first-order chi connectivity index (χ1) is 9.25. The summed E-state index contributed by atoms with van der Waals surface area (Å²) in [6.45, 7) is 0. The first kappa shape index (κ1) is 11.7. The third-order valence-electron chi connectivity index (χ3n) is 2.84. The van der Waals surface area contributed by atoms with Gasteiger partial charge in [0.1, 0.15) is 5.82 Å². The first-order valence-corrected chi connectivity index (χ1v) is 6.12. The molecule has 0 aliphatic rings. The Kier molecular flexibility index (Phi) is 2.93. The smallest absolute Gasteiger partial charge is 0.123 e. The number of nitrogens with zero attached hydrogens (tertiary/aromatic N) is 3. The lowest BCUT2D eigenvalue weighted by molar-refractivity contribution is 1.05.